The number of allylic oxidation sites excluding steroid dienone is 1. The third kappa shape index (κ3) is 2.37. The minimum Gasteiger partial charge on any atom is -0.465 e. The van der Waals surface area contributed by atoms with Gasteiger partial charge in [-0.2, -0.15) is 0 Å². The Kier molecular flexibility index (Phi) is 3.14. The molecule has 0 radical (unpaired) electrons. The fourth-order valence-electron chi connectivity index (χ4n) is 1.54. The monoisotopic (exact) mass is 154 g/mol. The molecule has 0 bridgehead atoms. The first kappa shape index (κ1) is 8.31. The summed E-state index contributed by atoms with van der Waals surface area (Å²) in [7, 11) is 0. The van der Waals surface area contributed by atoms with Crippen LogP contribution in [0, 0.1) is 5.92 Å². The molecular weight excluding hydrogens is 140 g/mol. The third-order valence-electron chi connectivity index (χ3n) is 2.30. The van der Waals surface area contributed by atoms with E-state index in [0.717, 1.165) is 25.7 Å². The Morgan fingerprint density at radius 1 is 1.27 bits per heavy atom. The van der Waals surface area contributed by atoms with Gasteiger partial charge in [0.1, 0.15) is 6.10 Å². The van der Waals surface area contributed by atoms with Gasteiger partial charge in [0.2, 0.25) is 0 Å². The summed E-state index contributed by atoms with van der Waals surface area (Å²) in [5, 5.41) is 0. The van der Waals surface area contributed by atoms with Crippen molar-refractivity contribution in [3.8, 4) is 0 Å². The molecule has 0 heterocycles. The van der Waals surface area contributed by atoms with E-state index in [0.29, 0.717) is 12.4 Å². The Balaban J connectivity index is 2.23. The summed E-state index contributed by atoms with van der Waals surface area (Å²) in [6, 6.07) is 0. The van der Waals surface area contributed by atoms with E-state index in [1.807, 2.05) is 6.08 Å². The molecule has 62 valence electrons. The second kappa shape index (κ2) is 4.16. The van der Waals surface area contributed by atoms with E-state index >= 15 is 0 Å². The maximum Gasteiger partial charge on any atom is 0.293 e. The molecule has 0 aromatic heterocycles. The van der Waals surface area contributed by atoms with E-state index < -0.39 is 0 Å². The molecule has 0 unspecified atom stereocenters. The highest BCUT2D eigenvalue weighted by Gasteiger charge is 2.19. The maximum absolute atomic E-state index is 9.98. The van der Waals surface area contributed by atoms with Crippen molar-refractivity contribution >= 4 is 6.47 Å². The number of rotatable bonds is 3. The van der Waals surface area contributed by atoms with Crippen LogP contribution in [0.2, 0.25) is 0 Å². The average molecular weight is 154 g/mol. The molecule has 2 heteroatoms. The highest BCUT2D eigenvalue weighted by molar-refractivity contribution is 5.37. The highest BCUT2D eigenvalue weighted by atomic mass is 16.5. The van der Waals surface area contributed by atoms with Crippen molar-refractivity contribution in [3.05, 3.63) is 12.7 Å². The van der Waals surface area contributed by atoms with E-state index in [4.69, 9.17) is 4.74 Å². The maximum atomic E-state index is 9.98. The molecule has 11 heavy (non-hydrogen) atoms. The second-order valence-electron chi connectivity index (χ2n) is 3.00. The van der Waals surface area contributed by atoms with Crippen LogP contribution < -0.4 is 0 Å². The Bertz CT molecular complexity index is 134. The van der Waals surface area contributed by atoms with Crippen molar-refractivity contribution in [3.63, 3.8) is 0 Å². The Morgan fingerprint density at radius 2 is 1.91 bits per heavy atom. The zero-order valence-corrected chi connectivity index (χ0v) is 6.66. The molecule has 0 aromatic carbocycles. The van der Waals surface area contributed by atoms with Crippen LogP contribution in [0.4, 0.5) is 0 Å². The Hall–Kier alpha value is -0.790. The van der Waals surface area contributed by atoms with Crippen molar-refractivity contribution in [2.24, 2.45) is 5.92 Å². The topological polar surface area (TPSA) is 26.3 Å². The lowest BCUT2D eigenvalue weighted by atomic mass is 9.88. The van der Waals surface area contributed by atoms with E-state index in [1.54, 1.807) is 0 Å². The zero-order chi connectivity index (χ0) is 8.10. The van der Waals surface area contributed by atoms with Gasteiger partial charge < -0.3 is 4.74 Å². The number of hydrogen-bond acceptors (Lipinski definition) is 2. The van der Waals surface area contributed by atoms with Crippen LogP contribution in [0.25, 0.3) is 0 Å². The molecule has 0 spiro atoms. The van der Waals surface area contributed by atoms with Crippen LogP contribution >= 0.6 is 0 Å². The van der Waals surface area contributed by atoms with Crippen LogP contribution in [-0.2, 0) is 9.53 Å². The normalized spacial score (nSPS) is 30.9. The van der Waals surface area contributed by atoms with Gasteiger partial charge in [0.15, 0.2) is 0 Å². The van der Waals surface area contributed by atoms with E-state index in [9.17, 15) is 4.79 Å². The third-order valence-corrected chi connectivity index (χ3v) is 2.30. The molecule has 1 saturated carbocycles. The van der Waals surface area contributed by atoms with Gasteiger partial charge in [0.05, 0.1) is 0 Å². The summed E-state index contributed by atoms with van der Waals surface area (Å²) < 4.78 is 4.86. The van der Waals surface area contributed by atoms with Crippen molar-refractivity contribution < 1.29 is 9.53 Å². The molecule has 1 aliphatic carbocycles. The quantitative estimate of drug-likeness (QED) is 0.458. The predicted octanol–water partition coefficient (Wildman–Crippen LogP) is 1.90. The zero-order valence-electron chi connectivity index (χ0n) is 6.66. The summed E-state index contributed by atoms with van der Waals surface area (Å²) in [6.07, 6.45) is 6.38. The summed E-state index contributed by atoms with van der Waals surface area (Å²) >= 11 is 0. The molecule has 0 amide bonds. The van der Waals surface area contributed by atoms with Crippen molar-refractivity contribution in [1.82, 2.24) is 0 Å². The van der Waals surface area contributed by atoms with Gasteiger partial charge in [-0.05, 0) is 31.6 Å². The highest BCUT2D eigenvalue weighted by Crippen LogP contribution is 2.26. The number of hydrogen-bond donors (Lipinski definition) is 0. The summed E-state index contributed by atoms with van der Waals surface area (Å²) in [5.74, 6) is 0.640. The van der Waals surface area contributed by atoms with E-state index in [-0.39, 0.29) is 6.10 Å². The van der Waals surface area contributed by atoms with Crippen molar-refractivity contribution in [2.75, 3.05) is 0 Å². The average Bonchev–Trinajstić information content (AvgIpc) is 2.07. The fraction of sp³-hybridized carbons (Fsp3) is 0.667. The van der Waals surface area contributed by atoms with Crippen LogP contribution in [0.5, 0.6) is 0 Å². The molecule has 1 fully saturated rings. The molecule has 2 nitrogen and oxygen atoms in total. The fourth-order valence-corrected chi connectivity index (χ4v) is 1.54. The number of carbonyl (C=O) groups excluding carboxylic acids is 1. The second-order valence-corrected chi connectivity index (χ2v) is 3.00. The minimum atomic E-state index is 0.170. The number of ether oxygens (including phenoxy) is 1. The van der Waals surface area contributed by atoms with Gasteiger partial charge in [0, 0.05) is 0 Å². The molecule has 0 aromatic rings. The van der Waals surface area contributed by atoms with Gasteiger partial charge in [-0.25, -0.2) is 0 Å². The first-order chi connectivity index (χ1) is 5.36. The first-order valence-corrected chi connectivity index (χ1v) is 4.08. The van der Waals surface area contributed by atoms with Crippen LogP contribution in [0.1, 0.15) is 25.7 Å². The molecule has 0 saturated heterocycles. The van der Waals surface area contributed by atoms with Crippen LogP contribution in [0.15, 0.2) is 12.7 Å². The molecule has 0 atom stereocenters. The van der Waals surface area contributed by atoms with Crippen molar-refractivity contribution in [2.45, 2.75) is 31.8 Å². The predicted molar refractivity (Wildman–Crippen MR) is 43.1 cm³/mol. The molecule has 0 N–H and O–H groups in total. The SMILES string of the molecule is C=CC1CCC(OC=O)CC1. The lowest BCUT2D eigenvalue weighted by Gasteiger charge is -2.24. The lowest BCUT2D eigenvalue weighted by molar-refractivity contribution is -0.135. The van der Waals surface area contributed by atoms with Gasteiger partial charge >= 0.3 is 0 Å². The Morgan fingerprint density at radius 3 is 2.36 bits per heavy atom. The molecule has 1 aliphatic rings. The van der Waals surface area contributed by atoms with Crippen LogP contribution in [-0.4, -0.2) is 12.6 Å². The van der Waals surface area contributed by atoms with Gasteiger partial charge in [0.25, 0.3) is 6.47 Å². The Labute approximate surface area is 67.2 Å². The number of carbonyl (C=O) groups is 1. The first-order valence-electron chi connectivity index (χ1n) is 4.08. The standard InChI is InChI=1S/C9H14O2/c1-2-8-3-5-9(6-4-8)11-7-10/h2,7-9H,1,3-6H2. The molecule has 1 rings (SSSR count). The molecular formula is C9H14O2. The minimum absolute atomic E-state index is 0.170. The smallest absolute Gasteiger partial charge is 0.293 e. The lowest BCUT2D eigenvalue weighted by Crippen LogP contribution is -2.20. The summed E-state index contributed by atoms with van der Waals surface area (Å²) in [6.45, 7) is 4.30. The van der Waals surface area contributed by atoms with Gasteiger partial charge in [-0.3, -0.25) is 4.79 Å². The summed E-state index contributed by atoms with van der Waals surface area (Å²) in [5.41, 5.74) is 0. The molecule has 0 aliphatic heterocycles. The van der Waals surface area contributed by atoms with Crippen molar-refractivity contribution in [1.29, 1.82) is 0 Å². The van der Waals surface area contributed by atoms with Crippen LogP contribution in [0.3, 0.4) is 0 Å². The van der Waals surface area contributed by atoms with Gasteiger partial charge in [-0.15, -0.1) is 6.58 Å². The van der Waals surface area contributed by atoms with Gasteiger partial charge in [-0.1, -0.05) is 6.08 Å². The van der Waals surface area contributed by atoms with E-state index in [1.165, 1.54) is 0 Å². The van der Waals surface area contributed by atoms with E-state index in [2.05, 4.69) is 6.58 Å². The largest absolute Gasteiger partial charge is 0.465 e. The summed E-state index contributed by atoms with van der Waals surface area (Å²) in [4.78, 5) is 9.98.